The summed E-state index contributed by atoms with van der Waals surface area (Å²) in [7, 11) is 0. The Hall–Kier alpha value is -1.72. The van der Waals surface area contributed by atoms with Gasteiger partial charge in [-0.3, -0.25) is 9.69 Å². The molecule has 2 heterocycles. The minimum absolute atomic E-state index is 0.00681. The van der Waals surface area contributed by atoms with Crippen LogP contribution < -0.4 is 5.32 Å². The van der Waals surface area contributed by atoms with Crippen molar-refractivity contribution in [2.24, 2.45) is 0 Å². The third kappa shape index (κ3) is 3.62. The third-order valence-electron chi connectivity index (χ3n) is 4.50. The average molecular weight is 332 g/mol. The fourth-order valence-corrected chi connectivity index (χ4v) is 4.05. The van der Waals surface area contributed by atoms with Gasteiger partial charge in [0.2, 0.25) is 5.91 Å². The fraction of sp³-hybridized carbons (Fsp3) is 0.389. The van der Waals surface area contributed by atoms with Gasteiger partial charge in [-0.15, -0.1) is 11.3 Å². The Balaban J connectivity index is 1.58. The summed E-state index contributed by atoms with van der Waals surface area (Å²) >= 11 is 1.80. The normalized spacial score (nSPS) is 19.2. The van der Waals surface area contributed by atoms with E-state index in [4.69, 9.17) is 0 Å². The van der Waals surface area contributed by atoms with Crippen molar-refractivity contribution in [3.63, 3.8) is 0 Å². The number of carbonyl (C=O) groups excluding carboxylic acids is 1. The molecular formula is C18H21FN2OS. The summed E-state index contributed by atoms with van der Waals surface area (Å²) in [5.41, 5.74) is 2.26. The molecule has 0 saturated carbocycles. The van der Waals surface area contributed by atoms with E-state index < -0.39 is 0 Å². The van der Waals surface area contributed by atoms with Crippen LogP contribution in [-0.4, -0.2) is 23.9 Å². The molecule has 2 unspecified atom stereocenters. The molecule has 0 aliphatic carbocycles. The second-order valence-corrected chi connectivity index (χ2v) is 7.04. The molecule has 2 atom stereocenters. The Morgan fingerprint density at radius 2 is 2.13 bits per heavy atom. The van der Waals surface area contributed by atoms with Crippen LogP contribution in [0.2, 0.25) is 0 Å². The van der Waals surface area contributed by atoms with E-state index in [9.17, 15) is 9.18 Å². The molecule has 0 spiro atoms. The molecule has 1 aromatic heterocycles. The first-order valence-corrected chi connectivity index (χ1v) is 8.77. The van der Waals surface area contributed by atoms with Gasteiger partial charge in [0, 0.05) is 17.5 Å². The highest BCUT2D eigenvalue weighted by Crippen LogP contribution is 2.32. The van der Waals surface area contributed by atoms with E-state index in [0.717, 1.165) is 18.5 Å². The van der Waals surface area contributed by atoms with Crippen LogP contribution in [0.1, 0.15) is 41.9 Å². The quantitative estimate of drug-likeness (QED) is 0.926. The summed E-state index contributed by atoms with van der Waals surface area (Å²) in [6.07, 6.45) is 1.01. The Bertz CT molecular complexity index is 683. The monoisotopic (exact) mass is 332 g/mol. The van der Waals surface area contributed by atoms with Crippen molar-refractivity contribution in [2.75, 3.05) is 13.1 Å². The second-order valence-electron chi connectivity index (χ2n) is 6.04. The molecule has 0 bridgehead atoms. The number of thiophene rings is 1. The number of nitrogens with one attached hydrogen (secondary N) is 1. The lowest BCUT2D eigenvalue weighted by Crippen LogP contribution is -2.42. The first-order chi connectivity index (χ1) is 11.0. The first kappa shape index (κ1) is 16.1. The minimum atomic E-state index is -0.263. The Labute approximate surface area is 140 Å². The number of fused-ring (bicyclic) bond motifs is 1. The number of amides is 1. The summed E-state index contributed by atoms with van der Waals surface area (Å²) in [5.74, 6) is -0.256. The Morgan fingerprint density at radius 1 is 1.39 bits per heavy atom. The van der Waals surface area contributed by atoms with Gasteiger partial charge in [-0.05, 0) is 55.0 Å². The van der Waals surface area contributed by atoms with E-state index in [1.807, 2.05) is 6.92 Å². The van der Waals surface area contributed by atoms with Gasteiger partial charge in [-0.1, -0.05) is 12.1 Å². The number of benzene rings is 1. The predicted octanol–water partition coefficient (Wildman–Crippen LogP) is 3.68. The molecule has 0 fully saturated rings. The number of rotatable bonds is 4. The SMILES string of the molecule is CC(NC(=O)CN1CCc2sccc2C1C)c1ccc(F)cc1. The summed E-state index contributed by atoms with van der Waals surface area (Å²) < 4.78 is 13.0. The predicted molar refractivity (Wildman–Crippen MR) is 91.0 cm³/mol. The highest BCUT2D eigenvalue weighted by molar-refractivity contribution is 7.10. The maximum Gasteiger partial charge on any atom is 0.234 e. The Kier molecular flexibility index (Phi) is 4.78. The van der Waals surface area contributed by atoms with Crippen molar-refractivity contribution in [1.82, 2.24) is 10.2 Å². The van der Waals surface area contributed by atoms with E-state index in [2.05, 4.69) is 28.6 Å². The summed E-state index contributed by atoms with van der Waals surface area (Å²) in [4.78, 5) is 16.0. The van der Waals surface area contributed by atoms with Crippen molar-refractivity contribution in [3.8, 4) is 0 Å². The van der Waals surface area contributed by atoms with Gasteiger partial charge < -0.3 is 5.32 Å². The van der Waals surface area contributed by atoms with Crippen LogP contribution in [-0.2, 0) is 11.2 Å². The molecule has 0 saturated heterocycles. The lowest BCUT2D eigenvalue weighted by molar-refractivity contribution is -0.123. The highest BCUT2D eigenvalue weighted by Gasteiger charge is 2.26. The summed E-state index contributed by atoms with van der Waals surface area (Å²) in [6, 6.07) is 8.57. The van der Waals surface area contributed by atoms with Gasteiger partial charge in [0.25, 0.3) is 0 Å². The highest BCUT2D eigenvalue weighted by atomic mass is 32.1. The van der Waals surface area contributed by atoms with Crippen molar-refractivity contribution in [2.45, 2.75) is 32.4 Å². The molecule has 1 aliphatic rings. The smallest absolute Gasteiger partial charge is 0.234 e. The molecule has 5 heteroatoms. The van der Waals surface area contributed by atoms with E-state index in [1.54, 1.807) is 23.5 Å². The van der Waals surface area contributed by atoms with Crippen LogP contribution in [0.5, 0.6) is 0 Å². The zero-order valence-corrected chi connectivity index (χ0v) is 14.2. The molecular weight excluding hydrogens is 311 g/mol. The van der Waals surface area contributed by atoms with Crippen LogP contribution in [0.4, 0.5) is 4.39 Å². The molecule has 3 nitrogen and oxygen atoms in total. The molecule has 1 amide bonds. The number of carbonyl (C=O) groups is 1. The average Bonchev–Trinajstić information content (AvgIpc) is 3.00. The number of halogens is 1. The van der Waals surface area contributed by atoms with Crippen LogP contribution >= 0.6 is 11.3 Å². The van der Waals surface area contributed by atoms with Crippen LogP contribution in [0.15, 0.2) is 35.7 Å². The molecule has 122 valence electrons. The maximum absolute atomic E-state index is 13.0. The zero-order valence-electron chi connectivity index (χ0n) is 13.4. The number of nitrogens with zero attached hydrogens (tertiary/aromatic N) is 1. The lowest BCUT2D eigenvalue weighted by Gasteiger charge is -2.33. The van der Waals surface area contributed by atoms with Gasteiger partial charge in [0.1, 0.15) is 5.82 Å². The first-order valence-electron chi connectivity index (χ1n) is 7.89. The van der Waals surface area contributed by atoms with Gasteiger partial charge in [-0.2, -0.15) is 0 Å². The van der Waals surface area contributed by atoms with Crippen LogP contribution in [0.3, 0.4) is 0 Å². The van der Waals surface area contributed by atoms with Crippen molar-refractivity contribution >= 4 is 17.2 Å². The van der Waals surface area contributed by atoms with Crippen molar-refractivity contribution in [1.29, 1.82) is 0 Å². The van der Waals surface area contributed by atoms with E-state index in [1.165, 1.54) is 22.6 Å². The minimum Gasteiger partial charge on any atom is -0.348 e. The fourth-order valence-electron chi connectivity index (χ4n) is 3.08. The lowest BCUT2D eigenvalue weighted by atomic mass is 10.0. The van der Waals surface area contributed by atoms with Crippen molar-refractivity contribution in [3.05, 3.63) is 57.5 Å². The van der Waals surface area contributed by atoms with Gasteiger partial charge in [0.05, 0.1) is 12.6 Å². The topological polar surface area (TPSA) is 32.3 Å². The molecule has 1 aliphatic heterocycles. The van der Waals surface area contributed by atoms with Crippen molar-refractivity contribution < 1.29 is 9.18 Å². The largest absolute Gasteiger partial charge is 0.348 e. The van der Waals surface area contributed by atoms with Gasteiger partial charge >= 0.3 is 0 Å². The van der Waals surface area contributed by atoms with Crippen LogP contribution in [0, 0.1) is 5.82 Å². The summed E-state index contributed by atoms with van der Waals surface area (Å²) in [5, 5.41) is 5.13. The number of hydrogen-bond donors (Lipinski definition) is 1. The van der Waals surface area contributed by atoms with E-state index in [0.29, 0.717) is 6.54 Å². The third-order valence-corrected chi connectivity index (χ3v) is 5.49. The maximum atomic E-state index is 13.0. The zero-order chi connectivity index (χ0) is 16.4. The molecule has 2 aromatic rings. The molecule has 1 aromatic carbocycles. The van der Waals surface area contributed by atoms with Gasteiger partial charge in [-0.25, -0.2) is 4.39 Å². The van der Waals surface area contributed by atoms with Gasteiger partial charge in [0.15, 0.2) is 0 Å². The standard InChI is InChI=1S/C18H21FN2OS/c1-12(14-3-5-15(19)6-4-14)20-18(22)11-21-9-7-17-16(13(21)2)8-10-23-17/h3-6,8,10,12-13H,7,9,11H2,1-2H3,(H,20,22). The van der Waals surface area contributed by atoms with E-state index >= 15 is 0 Å². The molecule has 0 radical (unpaired) electrons. The van der Waals surface area contributed by atoms with Crippen LogP contribution in [0.25, 0.3) is 0 Å². The molecule has 3 rings (SSSR count). The molecule has 23 heavy (non-hydrogen) atoms. The molecule has 1 N–H and O–H groups in total. The summed E-state index contributed by atoms with van der Waals surface area (Å²) in [6.45, 7) is 5.37. The number of hydrogen-bond acceptors (Lipinski definition) is 3. The Morgan fingerprint density at radius 3 is 2.87 bits per heavy atom. The second kappa shape index (κ2) is 6.81. The van der Waals surface area contributed by atoms with E-state index in [-0.39, 0.29) is 23.8 Å².